The highest BCUT2D eigenvalue weighted by atomic mass is 32.1. The molecule has 1 heterocycles. The molecule has 2 rings (SSSR count). The minimum absolute atomic E-state index is 0.365. The molecule has 0 atom stereocenters. The summed E-state index contributed by atoms with van der Waals surface area (Å²) in [5.41, 5.74) is 2.16. The first-order chi connectivity index (χ1) is 7.93. The lowest BCUT2D eigenvalue weighted by Crippen LogP contribution is -2.29. The number of fused-ring (bicyclic) bond motifs is 1. The van der Waals surface area contributed by atoms with E-state index in [-0.39, 0.29) is 5.60 Å². The standard InChI is InChI=1S/C14H13NOS/c1-9(17)12-7-14(2,3)16-13-5-4-10(8-15)6-11(12)13/h4-7H,1-3H3. The van der Waals surface area contributed by atoms with Crippen molar-refractivity contribution in [3.63, 3.8) is 0 Å². The van der Waals surface area contributed by atoms with Crippen LogP contribution in [0, 0.1) is 11.3 Å². The minimum atomic E-state index is -0.365. The van der Waals surface area contributed by atoms with Crippen LogP contribution in [0.1, 0.15) is 31.9 Å². The summed E-state index contributed by atoms with van der Waals surface area (Å²) in [5, 5.41) is 8.92. The molecule has 1 aliphatic heterocycles. The van der Waals surface area contributed by atoms with Crippen LogP contribution < -0.4 is 4.74 Å². The van der Waals surface area contributed by atoms with Gasteiger partial charge < -0.3 is 4.74 Å². The quantitative estimate of drug-likeness (QED) is 0.708. The molecule has 17 heavy (non-hydrogen) atoms. The van der Waals surface area contributed by atoms with Gasteiger partial charge in [0.1, 0.15) is 11.4 Å². The lowest BCUT2D eigenvalue weighted by Gasteiger charge is -2.31. The lowest BCUT2D eigenvalue weighted by molar-refractivity contribution is 0.158. The van der Waals surface area contributed by atoms with E-state index < -0.39 is 0 Å². The summed E-state index contributed by atoms with van der Waals surface area (Å²) >= 11 is 5.27. The van der Waals surface area contributed by atoms with Crippen LogP contribution in [0.15, 0.2) is 24.3 Å². The van der Waals surface area contributed by atoms with E-state index in [1.807, 2.05) is 39.0 Å². The first-order valence-corrected chi connectivity index (χ1v) is 5.81. The molecule has 0 aromatic heterocycles. The molecule has 0 saturated heterocycles. The Labute approximate surface area is 107 Å². The Balaban J connectivity index is 2.64. The Hall–Kier alpha value is -1.66. The maximum absolute atomic E-state index is 8.92. The second-order valence-corrected chi connectivity index (χ2v) is 5.25. The smallest absolute Gasteiger partial charge is 0.128 e. The summed E-state index contributed by atoms with van der Waals surface area (Å²) in [6.45, 7) is 5.88. The Bertz CT molecular complexity index is 564. The summed E-state index contributed by atoms with van der Waals surface area (Å²) in [6, 6.07) is 7.55. The van der Waals surface area contributed by atoms with Gasteiger partial charge in [0.25, 0.3) is 0 Å². The number of allylic oxidation sites excluding steroid dienone is 1. The average molecular weight is 243 g/mol. The zero-order valence-corrected chi connectivity index (χ0v) is 10.9. The number of hydrogen-bond donors (Lipinski definition) is 0. The Kier molecular flexibility index (Phi) is 2.76. The van der Waals surface area contributed by atoms with Crippen LogP contribution in [-0.2, 0) is 0 Å². The van der Waals surface area contributed by atoms with Crippen molar-refractivity contribution in [1.82, 2.24) is 0 Å². The molecule has 0 amide bonds. The first kappa shape index (κ1) is 11.8. The predicted molar refractivity (Wildman–Crippen MR) is 72.1 cm³/mol. The van der Waals surface area contributed by atoms with Crippen molar-refractivity contribution in [2.75, 3.05) is 0 Å². The van der Waals surface area contributed by atoms with Gasteiger partial charge in [0, 0.05) is 10.4 Å². The molecule has 1 aromatic rings. The van der Waals surface area contributed by atoms with E-state index in [1.165, 1.54) is 0 Å². The van der Waals surface area contributed by atoms with Crippen LogP contribution in [0.3, 0.4) is 0 Å². The summed E-state index contributed by atoms with van der Waals surface area (Å²) in [6.07, 6.45) is 2.01. The van der Waals surface area contributed by atoms with Gasteiger partial charge in [-0.1, -0.05) is 12.2 Å². The first-order valence-electron chi connectivity index (χ1n) is 5.40. The molecule has 3 heteroatoms. The van der Waals surface area contributed by atoms with Gasteiger partial charge in [-0.3, -0.25) is 0 Å². The number of nitriles is 1. The fourth-order valence-corrected chi connectivity index (χ4v) is 2.10. The van der Waals surface area contributed by atoms with Crippen LogP contribution in [0.25, 0.3) is 5.57 Å². The highest BCUT2D eigenvalue weighted by molar-refractivity contribution is 7.81. The Morgan fingerprint density at radius 3 is 2.71 bits per heavy atom. The molecule has 0 N–H and O–H groups in total. The third kappa shape index (κ3) is 2.22. The fraction of sp³-hybridized carbons (Fsp3) is 0.286. The lowest BCUT2D eigenvalue weighted by atomic mass is 9.92. The van der Waals surface area contributed by atoms with Crippen molar-refractivity contribution < 1.29 is 4.74 Å². The number of hydrogen-bond acceptors (Lipinski definition) is 3. The van der Waals surface area contributed by atoms with Crippen molar-refractivity contribution in [2.24, 2.45) is 0 Å². The van der Waals surface area contributed by atoms with E-state index in [2.05, 4.69) is 6.07 Å². The molecule has 0 spiro atoms. The van der Waals surface area contributed by atoms with Crippen LogP contribution in [0.2, 0.25) is 0 Å². The molecule has 0 saturated carbocycles. The highest BCUT2D eigenvalue weighted by Gasteiger charge is 2.27. The zero-order chi connectivity index (χ0) is 12.6. The van der Waals surface area contributed by atoms with Crippen LogP contribution >= 0.6 is 12.2 Å². The monoisotopic (exact) mass is 243 g/mol. The molecular formula is C14H13NOS. The number of ether oxygens (including phenoxy) is 1. The molecule has 86 valence electrons. The van der Waals surface area contributed by atoms with Crippen LogP contribution in [-0.4, -0.2) is 10.5 Å². The largest absolute Gasteiger partial charge is 0.483 e. The maximum atomic E-state index is 8.92. The molecule has 0 aliphatic carbocycles. The predicted octanol–water partition coefficient (Wildman–Crippen LogP) is 3.50. The summed E-state index contributed by atoms with van der Waals surface area (Å²) in [7, 11) is 0. The van der Waals surface area contributed by atoms with Crippen molar-refractivity contribution in [3.05, 3.63) is 35.4 Å². The molecule has 1 aliphatic rings. The van der Waals surface area contributed by atoms with E-state index in [9.17, 15) is 0 Å². The van der Waals surface area contributed by atoms with Gasteiger partial charge >= 0.3 is 0 Å². The molecule has 0 bridgehead atoms. The van der Waals surface area contributed by atoms with Gasteiger partial charge in [-0.05, 0) is 50.6 Å². The second-order valence-electron chi connectivity index (χ2n) is 4.64. The number of thiocarbonyl (C=S) groups is 1. The molecule has 0 unspecified atom stereocenters. The zero-order valence-electron chi connectivity index (χ0n) is 10.1. The molecule has 1 aromatic carbocycles. The molecule has 0 fully saturated rings. The normalized spacial score (nSPS) is 16.2. The molecule has 2 nitrogen and oxygen atoms in total. The van der Waals surface area contributed by atoms with E-state index in [1.54, 1.807) is 6.07 Å². The van der Waals surface area contributed by atoms with Gasteiger partial charge in [0.05, 0.1) is 11.6 Å². The third-order valence-corrected chi connectivity index (χ3v) is 2.86. The van der Waals surface area contributed by atoms with Crippen LogP contribution in [0.5, 0.6) is 5.75 Å². The Morgan fingerprint density at radius 2 is 2.12 bits per heavy atom. The van der Waals surface area contributed by atoms with Crippen molar-refractivity contribution in [2.45, 2.75) is 26.4 Å². The van der Waals surface area contributed by atoms with Gasteiger partial charge in [-0.25, -0.2) is 0 Å². The average Bonchev–Trinajstić information content (AvgIpc) is 2.26. The molecular weight excluding hydrogens is 230 g/mol. The summed E-state index contributed by atoms with van der Waals surface area (Å²) in [5.74, 6) is 0.788. The van der Waals surface area contributed by atoms with Gasteiger partial charge in [-0.2, -0.15) is 5.26 Å². The highest BCUT2D eigenvalue weighted by Crippen LogP contribution is 2.37. The number of benzene rings is 1. The van der Waals surface area contributed by atoms with Gasteiger partial charge in [-0.15, -0.1) is 0 Å². The van der Waals surface area contributed by atoms with E-state index in [4.69, 9.17) is 22.2 Å². The van der Waals surface area contributed by atoms with Crippen LogP contribution in [0.4, 0.5) is 0 Å². The van der Waals surface area contributed by atoms with E-state index in [0.29, 0.717) is 5.56 Å². The van der Waals surface area contributed by atoms with Crippen molar-refractivity contribution in [1.29, 1.82) is 5.26 Å². The third-order valence-electron chi connectivity index (χ3n) is 2.64. The number of nitrogens with zero attached hydrogens (tertiary/aromatic N) is 1. The second kappa shape index (κ2) is 3.97. The van der Waals surface area contributed by atoms with Crippen molar-refractivity contribution in [3.8, 4) is 11.8 Å². The maximum Gasteiger partial charge on any atom is 0.128 e. The van der Waals surface area contributed by atoms with Crippen molar-refractivity contribution >= 4 is 22.7 Å². The minimum Gasteiger partial charge on any atom is -0.483 e. The van der Waals surface area contributed by atoms with Gasteiger partial charge in [0.15, 0.2) is 0 Å². The van der Waals surface area contributed by atoms with E-state index >= 15 is 0 Å². The summed E-state index contributed by atoms with van der Waals surface area (Å²) < 4.78 is 5.85. The Morgan fingerprint density at radius 1 is 1.41 bits per heavy atom. The molecule has 0 radical (unpaired) electrons. The SMILES string of the molecule is CC(=S)C1=CC(C)(C)Oc2ccc(C#N)cc21. The van der Waals surface area contributed by atoms with Gasteiger partial charge in [0.2, 0.25) is 0 Å². The topological polar surface area (TPSA) is 33.0 Å². The summed E-state index contributed by atoms with van der Waals surface area (Å²) in [4.78, 5) is 0.817. The fourth-order valence-electron chi connectivity index (χ4n) is 1.93. The van der Waals surface area contributed by atoms with E-state index in [0.717, 1.165) is 21.8 Å². The number of rotatable bonds is 1.